The van der Waals surface area contributed by atoms with Crippen LogP contribution in [0.15, 0.2) is 71.4 Å². The summed E-state index contributed by atoms with van der Waals surface area (Å²) in [6.45, 7) is 0. The van der Waals surface area contributed by atoms with E-state index >= 15 is 0 Å². The molecule has 0 aliphatic carbocycles. The van der Waals surface area contributed by atoms with E-state index in [1.54, 1.807) is 12.1 Å². The highest BCUT2D eigenvalue weighted by Gasteiger charge is 2.20. The molecule has 0 saturated carbocycles. The zero-order valence-electron chi connectivity index (χ0n) is 10.9. The molecule has 1 radical (unpaired) electrons. The molecule has 21 heavy (non-hydrogen) atoms. The van der Waals surface area contributed by atoms with Crippen molar-refractivity contribution in [3.8, 4) is 0 Å². The van der Waals surface area contributed by atoms with Crippen LogP contribution >= 0.6 is 0 Å². The minimum atomic E-state index is -3.82. The molecule has 2 aromatic carbocycles. The maximum atomic E-state index is 12.3. The molecule has 5 nitrogen and oxygen atoms in total. The molecule has 3 rings (SSSR count). The van der Waals surface area contributed by atoms with Crippen molar-refractivity contribution in [3.05, 3.63) is 66.5 Å². The molecule has 105 valence electrons. The number of carbonyl (C=O) groups excluding carboxylic acids is 1. The average molecular weight is 299 g/mol. The summed E-state index contributed by atoms with van der Waals surface area (Å²) in [6.07, 6.45) is 4.20. The Hall–Kier alpha value is -2.60. The molecule has 0 spiro atoms. The van der Waals surface area contributed by atoms with E-state index in [0.29, 0.717) is 0 Å². The fourth-order valence-electron chi connectivity index (χ4n) is 2.01. The van der Waals surface area contributed by atoms with Gasteiger partial charge in [0.1, 0.15) is 5.70 Å². The number of hydrogen-bond donors (Lipinski definition) is 1. The van der Waals surface area contributed by atoms with Crippen molar-refractivity contribution in [2.45, 2.75) is 4.90 Å². The van der Waals surface area contributed by atoms with Crippen molar-refractivity contribution >= 4 is 26.7 Å². The molecular formula is C15H11N2O3S. The van der Waals surface area contributed by atoms with Crippen LogP contribution in [0, 0.1) is 0 Å². The number of rotatable bonds is 3. The highest BCUT2D eigenvalue weighted by molar-refractivity contribution is 7.89. The molecule has 2 aromatic rings. The van der Waals surface area contributed by atoms with Gasteiger partial charge in [0.05, 0.1) is 4.90 Å². The molecule has 0 aromatic heterocycles. The second-order valence-corrected chi connectivity index (χ2v) is 6.15. The highest BCUT2D eigenvalue weighted by atomic mass is 32.2. The SMILES string of the molecule is O=C1[N]C=CC=C1NS(=O)(=O)c1ccc2ccccc2c1. The van der Waals surface area contributed by atoms with E-state index in [2.05, 4.69) is 10.0 Å². The van der Waals surface area contributed by atoms with Crippen molar-refractivity contribution in [2.75, 3.05) is 0 Å². The van der Waals surface area contributed by atoms with Gasteiger partial charge in [-0.1, -0.05) is 30.3 Å². The lowest BCUT2D eigenvalue weighted by Gasteiger charge is -2.11. The molecule has 1 amide bonds. The number of hydrogen-bond acceptors (Lipinski definition) is 3. The fraction of sp³-hybridized carbons (Fsp3) is 0. The molecule has 0 saturated heterocycles. The summed E-state index contributed by atoms with van der Waals surface area (Å²) in [7, 11) is -3.82. The number of amides is 1. The van der Waals surface area contributed by atoms with Crippen molar-refractivity contribution in [2.24, 2.45) is 0 Å². The summed E-state index contributed by atoms with van der Waals surface area (Å²) >= 11 is 0. The Morgan fingerprint density at radius 3 is 2.52 bits per heavy atom. The fourth-order valence-corrected chi connectivity index (χ4v) is 3.10. The molecule has 0 bridgehead atoms. The van der Waals surface area contributed by atoms with Crippen LogP contribution in [0.4, 0.5) is 0 Å². The average Bonchev–Trinajstić information content (AvgIpc) is 2.49. The van der Waals surface area contributed by atoms with E-state index in [9.17, 15) is 13.2 Å². The Balaban J connectivity index is 1.98. The number of nitrogens with zero attached hydrogens (tertiary/aromatic N) is 1. The van der Waals surface area contributed by atoms with Gasteiger partial charge in [-0.25, -0.2) is 13.7 Å². The minimum Gasteiger partial charge on any atom is -0.274 e. The number of allylic oxidation sites excluding steroid dienone is 2. The van der Waals surface area contributed by atoms with Crippen molar-refractivity contribution in [1.29, 1.82) is 0 Å². The maximum absolute atomic E-state index is 12.3. The van der Waals surface area contributed by atoms with E-state index in [0.717, 1.165) is 10.8 Å². The normalized spacial score (nSPS) is 14.7. The number of benzene rings is 2. The molecule has 0 atom stereocenters. The predicted octanol–water partition coefficient (Wildman–Crippen LogP) is 1.66. The Kier molecular flexibility index (Phi) is 3.23. The van der Waals surface area contributed by atoms with E-state index in [4.69, 9.17) is 0 Å². The van der Waals surface area contributed by atoms with Crippen molar-refractivity contribution in [1.82, 2.24) is 10.0 Å². The number of carbonyl (C=O) groups is 1. The van der Waals surface area contributed by atoms with Gasteiger partial charge in [-0.05, 0) is 35.1 Å². The van der Waals surface area contributed by atoms with Gasteiger partial charge in [-0.15, -0.1) is 0 Å². The summed E-state index contributed by atoms with van der Waals surface area (Å²) in [5.41, 5.74) is -0.0642. The Morgan fingerprint density at radius 2 is 1.76 bits per heavy atom. The lowest BCUT2D eigenvalue weighted by molar-refractivity contribution is -0.117. The third-order valence-corrected chi connectivity index (χ3v) is 4.41. The zero-order chi connectivity index (χ0) is 14.9. The van der Waals surface area contributed by atoms with Crippen LogP contribution in [0.2, 0.25) is 0 Å². The summed E-state index contributed by atoms with van der Waals surface area (Å²) in [6, 6.07) is 12.2. The van der Waals surface area contributed by atoms with Crippen molar-refractivity contribution in [3.63, 3.8) is 0 Å². The zero-order valence-corrected chi connectivity index (χ0v) is 11.7. The summed E-state index contributed by atoms with van der Waals surface area (Å²) < 4.78 is 26.9. The van der Waals surface area contributed by atoms with E-state index in [1.165, 1.54) is 24.4 Å². The van der Waals surface area contributed by atoms with Crippen LogP contribution < -0.4 is 10.0 Å². The lowest BCUT2D eigenvalue weighted by atomic mass is 10.1. The lowest BCUT2D eigenvalue weighted by Crippen LogP contribution is -2.31. The Morgan fingerprint density at radius 1 is 1.00 bits per heavy atom. The topological polar surface area (TPSA) is 77.3 Å². The standard InChI is InChI=1S/C15H11N2O3S/c18-15-14(6-3-9-16-15)17-21(19,20)13-8-7-11-4-1-2-5-12(11)10-13/h1-10,17H. The molecule has 1 heterocycles. The van der Waals surface area contributed by atoms with Crippen LogP contribution in [-0.2, 0) is 14.8 Å². The Bertz CT molecular complexity index is 883. The predicted molar refractivity (Wildman–Crippen MR) is 78.6 cm³/mol. The quantitative estimate of drug-likeness (QED) is 0.936. The Labute approximate surface area is 122 Å². The van der Waals surface area contributed by atoms with Crippen LogP contribution in [0.3, 0.4) is 0 Å². The number of fused-ring (bicyclic) bond motifs is 1. The molecule has 1 aliphatic heterocycles. The van der Waals surface area contributed by atoms with E-state index in [-0.39, 0.29) is 10.6 Å². The maximum Gasteiger partial charge on any atom is 0.294 e. The molecule has 1 N–H and O–H groups in total. The van der Waals surface area contributed by atoms with Crippen LogP contribution in [-0.4, -0.2) is 14.3 Å². The number of nitrogens with one attached hydrogen (secondary N) is 1. The second-order valence-electron chi connectivity index (χ2n) is 4.47. The van der Waals surface area contributed by atoms with Gasteiger partial charge in [0.2, 0.25) is 0 Å². The van der Waals surface area contributed by atoms with Gasteiger partial charge < -0.3 is 0 Å². The monoisotopic (exact) mass is 299 g/mol. The second kappa shape index (κ2) is 5.06. The van der Waals surface area contributed by atoms with E-state index < -0.39 is 15.9 Å². The smallest absolute Gasteiger partial charge is 0.274 e. The first kappa shape index (κ1) is 13.4. The highest BCUT2D eigenvalue weighted by Crippen LogP contribution is 2.19. The molecule has 1 aliphatic rings. The first-order chi connectivity index (χ1) is 10.1. The van der Waals surface area contributed by atoms with Gasteiger partial charge in [0, 0.05) is 6.20 Å². The van der Waals surface area contributed by atoms with Gasteiger partial charge in [-0.3, -0.25) is 9.52 Å². The van der Waals surface area contributed by atoms with Gasteiger partial charge in [-0.2, -0.15) is 0 Å². The molecule has 0 fully saturated rings. The van der Waals surface area contributed by atoms with Crippen molar-refractivity contribution < 1.29 is 13.2 Å². The molecule has 6 heteroatoms. The first-order valence-corrected chi connectivity index (χ1v) is 7.68. The first-order valence-electron chi connectivity index (χ1n) is 6.20. The van der Waals surface area contributed by atoms with E-state index in [1.807, 2.05) is 24.3 Å². The van der Waals surface area contributed by atoms with Crippen LogP contribution in [0.25, 0.3) is 10.8 Å². The summed E-state index contributed by atoms with van der Waals surface area (Å²) in [5.74, 6) is -0.609. The third kappa shape index (κ3) is 2.66. The van der Waals surface area contributed by atoms with Gasteiger partial charge in [0.25, 0.3) is 15.9 Å². The third-order valence-electron chi connectivity index (χ3n) is 3.05. The molecule has 0 unspecified atom stereocenters. The summed E-state index contributed by atoms with van der Waals surface area (Å²) in [5, 5.41) is 5.28. The minimum absolute atomic E-state index is 0.0642. The van der Waals surface area contributed by atoms with Gasteiger partial charge >= 0.3 is 0 Å². The largest absolute Gasteiger partial charge is 0.294 e. The van der Waals surface area contributed by atoms with Crippen LogP contribution in [0.5, 0.6) is 0 Å². The number of sulfonamides is 1. The van der Waals surface area contributed by atoms with Crippen LogP contribution in [0.1, 0.15) is 0 Å². The molecular weight excluding hydrogens is 288 g/mol. The summed E-state index contributed by atoms with van der Waals surface area (Å²) in [4.78, 5) is 11.6. The van der Waals surface area contributed by atoms with Gasteiger partial charge in [0.15, 0.2) is 0 Å².